The summed E-state index contributed by atoms with van der Waals surface area (Å²) in [5, 5.41) is 76.8. The highest BCUT2D eigenvalue weighted by Crippen LogP contribution is 2.28. The summed E-state index contributed by atoms with van der Waals surface area (Å²) in [7, 11) is 0. The van der Waals surface area contributed by atoms with Gasteiger partial charge in [0.15, 0.2) is 12.6 Å². The van der Waals surface area contributed by atoms with Crippen molar-refractivity contribution >= 4 is 0 Å². The Kier molecular flexibility index (Phi) is 5.77. The van der Waals surface area contributed by atoms with E-state index in [1.165, 1.54) is 0 Å². The molecule has 0 aromatic heterocycles. The Bertz CT molecular complexity index is 422. The summed E-state index contributed by atoms with van der Waals surface area (Å²) in [5.41, 5.74) is 0. The molecule has 2 aliphatic heterocycles. The minimum atomic E-state index is -2.88. The van der Waals surface area contributed by atoms with Crippen LogP contribution in [0.25, 0.3) is 0 Å². The second kappa shape index (κ2) is 7.63. The third-order valence-corrected chi connectivity index (χ3v) is 3.85. The highest BCUT2D eigenvalue weighted by atomic mass is 16.7. The van der Waals surface area contributed by atoms with E-state index in [0.717, 1.165) is 0 Å². The second-order valence-electron chi connectivity index (χ2n) is 5.38. The average Bonchev–Trinajstić information content (AvgIpc) is 2.55. The number of rotatable bonds is 4. The molecule has 2 aliphatic rings. The first-order valence-electron chi connectivity index (χ1n) is 7.46. The molecule has 2 saturated heterocycles. The molecule has 2 rings (SSSR count). The molecule has 2 fully saturated rings. The zero-order valence-electron chi connectivity index (χ0n) is 12.9. The third kappa shape index (κ3) is 3.65. The fourth-order valence-corrected chi connectivity index (χ4v) is 2.46. The summed E-state index contributed by atoms with van der Waals surface area (Å²) < 4.78 is 22.8. The van der Waals surface area contributed by atoms with Crippen LogP contribution in [-0.2, 0) is 14.2 Å². The van der Waals surface area contributed by atoms with Crippen molar-refractivity contribution in [2.75, 3.05) is 13.2 Å². The molecule has 0 aromatic rings. The van der Waals surface area contributed by atoms with Crippen molar-refractivity contribution in [3.05, 3.63) is 0 Å². The van der Waals surface area contributed by atoms with E-state index in [4.69, 9.17) is 20.7 Å². The van der Waals surface area contributed by atoms with E-state index >= 15 is 0 Å². The molecule has 136 valence electrons. The lowest BCUT2D eigenvalue weighted by atomic mass is 9.97. The van der Waals surface area contributed by atoms with Crippen LogP contribution in [0.2, 0.25) is 0 Å². The van der Waals surface area contributed by atoms with E-state index in [9.17, 15) is 35.7 Å². The van der Waals surface area contributed by atoms with E-state index in [1.807, 2.05) is 0 Å². The van der Waals surface area contributed by atoms with Crippen LogP contribution in [0, 0.1) is 0 Å². The van der Waals surface area contributed by atoms with E-state index in [2.05, 4.69) is 0 Å². The van der Waals surface area contributed by atoms with Gasteiger partial charge in [0.1, 0.15) is 48.8 Å². The highest BCUT2D eigenvalue weighted by molar-refractivity contribution is 4.93. The van der Waals surface area contributed by atoms with Crippen LogP contribution in [0.3, 0.4) is 0 Å². The Morgan fingerprint density at radius 3 is 1.96 bits per heavy atom. The van der Waals surface area contributed by atoms with Gasteiger partial charge < -0.3 is 55.1 Å². The Labute approximate surface area is 132 Å². The van der Waals surface area contributed by atoms with E-state index in [-0.39, 0.29) is 0 Å². The molecule has 11 heteroatoms. The van der Waals surface area contributed by atoms with Crippen molar-refractivity contribution in [2.45, 2.75) is 61.4 Å². The Morgan fingerprint density at radius 2 is 1.39 bits per heavy atom. The zero-order valence-corrected chi connectivity index (χ0v) is 11.9. The van der Waals surface area contributed by atoms with Gasteiger partial charge in [-0.2, -0.15) is 0 Å². The minimum Gasteiger partial charge on any atom is -0.394 e. The number of aliphatic hydroxyl groups excluding tert-OH is 7. The molecule has 2 heterocycles. The van der Waals surface area contributed by atoms with Gasteiger partial charge in [-0.1, -0.05) is 0 Å². The van der Waals surface area contributed by atoms with Crippen LogP contribution in [0.1, 0.15) is 1.37 Å². The van der Waals surface area contributed by atoms with Gasteiger partial charge in [-0.25, -0.2) is 0 Å². The lowest BCUT2D eigenvalue weighted by Crippen LogP contribution is -2.64. The Hall–Kier alpha value is -0.440. The van der Waals surface area contributed by atoms with Crippen molar-refractivity contribution in [3.8, 4) is 0 Å². The first kappa shape index (κ1) is 17.4. The van der Waals surface area contributed by atoms with E-state index in [1.54, 1.807) is 0 Å². The monoisotopic (exact) mass is 343 g/mol. The normalized spacial score (nSPS) is 55.5. The predicted octanol–water partition coefficient (Wildman–Crippen LogP) is -5.40. The standard InChI is InChI=1S/C12H22O11/c13-1-3-5(15)6(16)9(19)12(22-3)23-10-4(2-14)21-11(20)8(18)7(10)17/h3-20H,1-2H2/t3-,4-,5+,6+,7-,8-,9-,10-,11?,12+/m1/s1/i9D. The highest BCUT2D eigenvalue weighted by Gasteiger charge is 2.50. The summed E-state index contributed by atoms with van der Waals surface area (Å²) in [6.07, 6.45) is -18.3. The SMILES string of the molecule is [2H][C@]1(O)[C@H](O[C@H]2[C@H](O)[C@@H](O)C(O)O[C@@H]2CO)O[C@H](CO)[C@H](O)[C@@H]1O. The molecule has 10 atom stereocenters. The number of ether oxygens (including phenoxy) is 3. The van der Waals surface area contributed by atoms with Crippen LogP contribution >= 0.6 is 0 Å². The molecule has 0 spiro atoms. The summed E-state index contributed by atoms with van der Waals surface area (Å²) in [4.78, 5) is 0. The van der Waals surface area contributed by atoms with Crippen LogP contribution in [0.4, 0.5) is 0 Å². The molecule has 0 bridgehead atoms. The van der Waals surface area contributed by atoms with E-state index in [0.29, 0.717) is 0 Å². The van der Waals surface area contributed by atoms with Gasteiger partial charge in [0.05, 0.1) is 14.6 Å². The predicted molar refractivity (Wildman–Crippen MR) is 68.6 cm³/mol. The fraction of sp³-hybridized carbons (Fsp3) is 1.00. The van der Waals surface area contributed by atoms with Crippen molar-refractivity contribution in [1.29, 1.82) is 0 Å². The summed E-state index contributed by atoms with van der Waals surface area (Å²) in [6, 6.07) is 0. The van der Waals surface area contributed by atoms with Gasteiger partial charge in [0.25, 0.3) is 0 Å². The number of hydrogen-bond acceptors (Lipinski definition) is 11. The Morgan fingerprint density at radius 1 is 0.783 bits per heavy atom. The van der Waals surface area contributed by atoms with Crippen LogP contribution < -0.4 is 0 Å². The van der Waals surface area contributed by atoms with Crippen molar-refractivity contribution < 1.29 is 56.4 Å². The Balaban J connectivity index is 2.20. The third-order valence-electron chi connectivity index (χ3n) is 3.85. The first-order chi connectivity index (χ1) is 11.1. The average molecular weight is 343 g/mol. The second-order valence-corrected chi connectivity index (χ2v) is 5.38. The lowest BCUT2D eigenvalue weighted by Gasteiger charge is -2.45. The largest absolute Gasteiger partial charge is 0.394 e. The topological polar surface area (TPSA) is 190 Å². The molecule has 0 saturated carbocycles. The molecule has 1 unspecified atom stereocenters. The van der Waals surface area contributed by atoms with E-state index < -0.39 is 74.6 Å². The van der Waals surface area contributed by atoms with Gasteiger partial charge in [0, 0.05) is 0 Å². The zero-order chi connectivity index (χ0) is 18.2. The maximum absolute atomic E-state index is 10.0. The quantitative estimate of drug-likeness (QED) is 0.243. The summed E-state index contributed by atoms with van der Waals surface area (Å²) >= 11 is 0. The fourth-order valence-electron chi connectivity index (χ4n) is 2.46. The van der Waals surface area contributed by atoms with Gasteiger partial charge in [-0.05, 0) is 0 Å². The van der Waals surface area contributed by atoms with Gasteiger partial charge in [-0.15, -0.1) is 0 Å². The van der Waals surface area contributed by atoms with Crippen LogP contribution in [0.5, 0.6) is 0 Å². The van der Waals surface area contributed by atoms with Crippen molar-refractivity contribution in [1.82, 2.24) is 0 Å². The minimum absolute atomic E-state index is 0.747. The van der Waals surface area contributed by atoms with Crippen LogP contribution in [-0.4, -0.2) is 115 Å². The molecule has 0 aliphatic carbocycles. The molecule has 11 nitrogen and oxygen atoms in total. The maximum Gasteiger partial charge on any atom is 0.187 e. The van der Waals surface area contributed by atoms with Crippen LogP contribution in [0.15, 0.2) is 0 Å². The molecule has 0 radical (unpaired) electrons. The summed E-state index contributed by atoms with van der Waals surface area (Å²) in [6.45, 7) is -1.51. The molecule has 8 N–H and O–H groups in total. The number of aliphatic hydroxyl groups is 8. The van der Waals surface area contributed by atoms with Crippen molar-refractivity contribution in [2.24, 2.45) is 0 Å². The van der Waals surface area contributed by atoms with Crippen molar-refractivity contribution in [3.63, 3.8) is 0 Å². The first-order valence-corrected chi connectivity index (χ1v) is 6.96. The molecule has 0 amide bonds. The number of hydrogen-bond donors (Lipinski definition) is 8. The van der Waals surface area contributed by atoms with Gasteiger partial charge >= 0.3 is 0 Å². The molecular weight excluding hydrogens is 320 g/mol. The smallest absolute Gasteiger partial charge is 0.187 e. The van der Waals surface area contributed by atoms with Gasteiger partial charge in [0.2, 0.25) is 0 Å². The van der Waals surface area contributed by atoms with Gasteiger partial charge in [-0.3, -0.25) is 0 Å². The summed E-state index contributed by atoms with van der Waals surface area (Å²) in [5.74, 6) is 0. The maximum atomic E-state index is 10.0. The molecular formula is C12H22O11. The molecule has 0 aromatic carbocycles. The lowest BCUT2D eigenvalue weighted by molar-refractivity contribution is -0.355. The molecule has 23 heavy (non-hydrogen) atoms.